The van der Waals surface area contributed by atoms with Crippen LogP contribution in [0.15, 0.2) is 42.7 Å². The molecule has 2 fully saturated rings. The summed E-state index contributed by atoms with van der Waals surface area (Å²) in [5, 5.41) is 2.40. The molecule has 2 aliphatic heterocycles. The highest BCUT2D eigenvalue weighted by Crippen LogP contribution is 2.39. The lowest BCUT2D eigenvalue weighted by atomic mass is 9.97. The van der Waals surface area contributed by atoms with Gasteiger partial charge in [0, 0.05) is 24.5 Å². The fourth-order valence-corrected chi connectivity index (χ4v) is 5.08. The number of fused-ring (bicyclic) bond motifs is 1. The summed E-state index contributed by atoms with van der Waals surface area (Å²) in [5.74, 6) is -0.611. The summed E-state index contributed by atoms with van der Waals surface area (Å²) in [6, 6.07) is 7.30. The number of nitrogens with one attached hydrogen (secondary N) is 1. The molecule has 1 N–H and O–H groups in total. The van der Waals surface area contributed by atoms with Crippen molar-refractivity contribution in [1.29, 1.82) is 0 Å². The zero-order chi connectivity index (χ0) is 21.3. The molecule has 3 atom stereocenters. The lowest BCUT2D eigenvalue weighted by Gasteiger charge is -2.38. The molecule has 3 heterocycles. The van der Waals surface area contributed by atoms with E-state index >= 15 is 0 Å². The normalized spacial score (nSPS) is 23.1. The molecule has 0 bridgehead atoms. The highest BCUT2D eigenvalue weighted by molar-refractivity contribution is 6.34. The lowest BCUT2D eigenvalue weighted by molar-refractivity contribution is -0.137. The van der Waals surface area contributed by atoms with E-state index in [-0.39, 0.29) is 17.6 Å². The van der Waals surface area contributed by atoms with Crippen molar-refractivity contribution >= 4 is 17.5 Å². The number of aromatic nitrogens is 1. The second-order valence-corrected chi connectivity index (χ2v) is 8.31. The molecular formula is C22H23ClF3N3O. The summed E-state index contributed by atoms with van der Waals surface area (Å²) < 4.78 is 39.7. The summed E-state index contributed by atoms with van der Waals surface area (Å²) in [6.07, 6.45) is 4.17. The molecule has 4 nitrogen and oxygen atoms in total. The van der Waals surface area contributed by atoms with Gasteiger partial charge in [-0.2, -0.15) is 13.2 Å². The number of hydrogen-bond donors (Lipinski definition) is 1. The molecule has 2 aromatic rings. The number of pyridine rings is 1. The van der Waals surface area contributed by atoms with Gasteiger partial charge in [-0.25, -0.2) is 0 Å². The summed E-state index contributed by atoms with van der Waals surface area (Å²) in [6.45, 7) is 0.965. The van der Waals surface area contributed by atoms with E-state index in [1.165, 1.54) is 18.6 Å². The fraction of sp³-hybridized carbons (Fsp3) is 0.455. The van der Waals surface area contributed by atoms with E-state index in [4.69, 9.17) is 11.6 Å². The number of amides is 1. The monoisotopic (exact) mass is 437 g/mol. The predicted octanol–water partition coefficient (Wildman–Crippen LogP) is 5.24. The van der Waals surface area contributed by atoms with Crippen molar-refractivity contribution in [2.45, 2.75) is 56.4 Å². The van der Waals surface area contributed by atoms with Crippen molar-refractivity contribution in [3.63, 3.8) is 0 Å². The van der Waals surface area contributed by atoms with Gasteiger partial charge >= 0.3 is 6.18 Å². The summed E-state index contributed by atoms with van der Waals surface area (Å²) in [7, 11) is 0. The Morgan fingerprint density at radius 2 is 2.00 bits per heavy atom. The smallest absolute Gasteiger partial charge is 0.344 e. The Hall–Kier alpha value is -2.12. The molecule has 30 heavy (non-hydrogen) atoms. The van der Waals surface area contributed by atoms with E-state index in [9.17, 15) is 18.0 Å². The quantitative estimate of drug-likeness (QED) is 0.711. The topological polar surface area (TPSA) is 45.2 Å². The minimum absolute atomic E-state index is 0.0769. The summed E-state index contributed by atoms with van der Waals surface area (Å²) in [4.78, 5) is 19.7. The zero-order valence-electron chi connectivity index (χ0n) is 16.3. The fourth-order valence-electron chi connectivity index (χ4n) is 4.76. The van der Waals surface area contributed by atoms with E-state index in [2.05, 4.69) is 15.2 Å². The maximum Gasteiger partial charge on any atom is 0.417 e. The molecule has 8 heteroatoms. The first-order chi connectivity index (χ1) is 14.4. The number of alkyl halides is 3. The number of rotatable bonds is 4. The van der Waals surface area contributed by atoms with Gasteiger partial charge in [-0.3, -0.25) is 14.7 Å². The molecule has 2 saturated heterocycles. The second kappa shape index (κ2) is 8.55. The van der Waals surface area contributed by atoms with E-state index in [1.54, 1.807) is 18.5 Å². The average molecular weight is 438 g/mol. The molecule has 0 aliphatic carbocycles. The zero-order valence-corrected chi connectivity index (χ0v) is 17.1. The van der Waals surface area contributed by atoms with Crippen molar-refractivity contribution in [1.82, 2.24) is 15.2 Å². The molecule has 4 rings (SSSR count). The summed E-state index contributed by atoms with van der Waals surface area (Å²) in [5.41, 5.74) is -0.342. The number of benzene rings is 1. The van der Waals surface area contributed by atoms with E-state index in [0.717, 1.165) is 43.9 Å². The van der Waals surface area contributed by atoms with Gasteiger partial charge in [0.1, 0.15) is 0 Å². The molecule has 1 amide bonds. The maximum absolute atomic E-state index is 13.2. The molecule has 0 saturated carbocycles. The Balaban J connectivity index is 1.64. The Kier molecular flexibility index (Phi) is 6.02. The Labute approximate surface area is 178 Å². The van der Waals surface area contributed by atoms with Gasteiger partial charge in [0.25, 0.3) is 5.91 Å². The first kappa shape index (κ1) is 21.1. The van der Waals surface area contributed by atoms with Crippen LogP contribution in [0.2, 0.25) is 5.02 Å². The second-order valence-electron chi connectivity index (χ2n) is 7.93. The van der Waals surface area contributed by atoms with Crippen LogP contribution < -0.4 is 5.32 Å². The van der Waals surface area contributed by atoms with Gasteiger partial charge in [0.2, 0.25) is 0 Å². The van der Waals surface area contributed by atoms with Gasteiger partial charge < -0.3 is 5.32 Å². The van der Waals surface area contributed by atoms with Crippen molar-refractivity contribution in [3.05, 3.63) is 64.4 Å². The predicted molar refractivity (Wildman–Crippen MR) is 108 cm³/mol. The highest BCUT2D eigenvalue weighted by atomic mass is 35.5. The standard InChI is InChI=1S/C22H23ClF3N3O/c23-19-16(7-3-8-17(19)22(24,25)26)21(30)28-20(14-5-4-11-27-13-14)18-10-9-15-6-1-2-12-29(15)18/h3-5,7-8,11,13,15,18,20H,1-2,6,9-10,12H2,(H,28,30)/t15?,18?,20-/m0/s1. The van der Waals surface area contributed by atoms with Gasteiger partial charge in [-0.15, -0.1) is 0 Å². The highest BCUT2D eigenvalue weighted by Gasteiger charge is 2.41. The average Bonchev–Trinajstić information content (AvgIpc) is 3.15. The van der Waals surface area contributed by atoms with Crippen molar-refractivity contribution < 1.29 is 18.0 Å². The van der Waals surface area contributed by atoms with Crippen molar-refractivity contribution in [3.8, 4) is 0 Å². The molecule has 160 valence electrons. The summed E-state index contributed by atoms with van der Waals surface area (Å²) >= 11 is 5.98. The SMILES string of the molecule is O=C(N[C@@H](c1cccnc1)C1CCC2CCCCN21)c1cccc(C(F)(F)F)c1Cl. The van der Waals surface area contributed by atoms with Gasteiger partial charge in [0.05, 0.1) is 22.2 Å². The van der Waals surface area contributed by atoms with E-state index in [1.807, 2.05) is 6.07 Å². The first-order valence-corrected chi connectivity index (χ1v) is 10.6. The number of carbonyl (C=O) groups excluding carboxylic acids is 1. The molecular weight excluding hydrogens is 415 g/mol. The van der Waals surface area contributed by atoms with E-state index < -0.39 is 22.7 Å². The molecule has 2 unspecified atom stereocenters. The third kappa shape index (κ3) is 4.18. The lowest BCUT2D eigenvalue weighted by Crippen LogP contribution is -2.47. The third-order valence-corrected chi connectivity index (χ3v) is 6.57. The van der Waals surface area contributed by atoms with Crippen LogP contribution in [0.3, 0.4) is 0 Å². The molecule has 0 radical (unpaired) electrons. The Morgan fingerprint density at radius 1 is 1.17 bits per heavy atom. The number of carbonyl (C=O) groups is 1. The first-order valence-electron chi connectivity index (χ1n) is 10.2. The number of nitrogens with zero attached hydrogens (tertiary/aromatic N) is 2. The van der Waals surface area contributed by atoms with Crippen molar-refractivity contribution in [2.24, 2.45) is 0 Å². The van der Waals surface area contributed by atoms with Crippen LogP contribution in [0.1, 0.15) is 59.6 Å². The van der Waals surface area contributed by atoms with Crippen molar-refractivity contribution in [2.75, 3.05) is 6.54 Å². The minimum atomic E-state index is -4.62. The number of piperidine rings is 1. The van der Waals surface area contributed by atoms with Crippen LogP contribution in [0.25, 0.3) is 0 Å². The van der Waals surface area contributed by atoms with Crippen LogP contribution in [0.5, 0.6) is 0 Å². The van der Waals surface area contributed by atoms with Crippen LogP contribution >= 0.6 is 11.6 Å². The van der Waals surface area contributed by atoms with Gasteiger partial charge in [0.15, 0.2) is 0 Å². The van der Waals surface area contributed by atoms with Gasteiger partial charge in [-0.05, 0) is 56.0 Å². The van der Waals surface area contributed by atoms with Crippen LogP contribution in [-0.4, -0.2) is 34.4 Å². The Morgan fingerprint density at radius 3 is 2.73 bits per heavy atom. The van der Waals surface area contributed by atoms with Gasteiger partial charge in [-0.1, -0.05) is 30.2 Å². The van der Waals surface area contributed by atoms with Crippen LogP contribution in [0, 0.1) is 0 Å². The number of hydrogen-bond acceptors (Lipinski definition) is 3. The van der Waals surface area contributed by atoms with Crippen LogP contribution in [0.4, 0.5) is 13.2 Å². The molecule has 1 aromatic heterocycles. The maximum atomic E-state index is 13.2. The molecule has 2 aliphatic rings. The third-order valence-electron chi connectivity index (χ3n) is 6.16. The van der Waals surface area contributed by atoms with E-state index in [0.29, 0.717) is 6.04 Å². The van der Waals surface area contributed by atoms with Crippen LogP contribution in [-0.2, 0) is 6.18 Å². The largest absolute Gasteiger partial charge is 0.417 e. The number of halogens is 4. The molecule has 1 aromatic carbocycles. The molecule has 0 spiro atoms. The minimum Gasteiger partial charge on any atom is -0.344 e. The Bertz CT molecular complexity index is 906.